The molecular formula is C11H19O3-. The molecule has 3 nitrogen and oxygen atoms in total. The van der Waals surface area contributed by atoms with Crippen molar-refractivity contribution in [3.63, 3.8) is 0 Å². The molecule has 0 N–H and O–H groups in total. The molecule has 0 spiro atoms. The molecular weight excluding hydrogens is 180 g/mol. The van der Waals surface area contributed by atoms with E-state index in [0.717, 1.165) is 25.7 Å². The highest BCUT2D eigenvalue weighted by Gasteiger charge is 2.27. The summed E-state index contributed by atoms with van der Waals surface area (Å²) in [5, 5.41) is 10.8. The van der Waals surface area contributed by atoms with Crippen LogP contribution in [0.5, 0.6) is 0 Å². The van der Waals surface area contributed by atoms with Crippen LogP contribution in [-0.2, 0) is 9.53 Å². The average molecular weight is 199 g/mol. The molecule has 0 radical (unpaired) electrons. The maximum atomic E-state index is 10.8. The van der Waals surface area contributed by atoms with Crippen LogP contribution in [0.25, 0.3) is 0 Å². The highest BCUT2D eigenvalue weighted by molar-refractivity contribution is 5.67. The van der Waals surface area contributed by atoms with E-state index < -0.39 is 5.97 Å². The molecule has 0 aromatic carbocycles. The minimum atomic E-state index is -0.881. The van der Waals surface area contributed by atoms with Crippen molar-refractivity contribution in [3.05, 3.63) is 0 Å². The van der Waals surface area contributed by atoms with E-state index in [0.29, 0.717) is 18.4 Å². The fourth-order valence-electron chi connectivity index (χ4n) is 2.42. The van der Waals surface area contributed by atoms with Crippen molar-refractivity contribution >= 4 is 5.97 Å². The summed E-state index contributed by atoms with van der Waals surface area (Å²) in [5.41, 5.74) is 0. The van der Waals surface area contributed by atoms with Gasteiger partial charge in [-0.1, -0.05) is 6.92 Å². The largest absolute Gasteiger partial charge is 0.550 e. The number of carboxylic acids is 1. The number of hydrogen-bond donors (Lipinski definition) is 0. The molecule has 0 aliphatic heterocycles. The van der Waals surface area contributed by atoms with Crippen molar-refractivity contribution in [2.75, 3.05) is 7.11 Å². The monoisotopic (exact) mass is 199 g/mol. The Hall–Kier alpha value is -0.570. The molecule has 1 aliphatic rings. The van der Waals surface area contributed by atoms with Gasteiger partial charge in [0.05, 0.1) is 6.10 Å². The Morgan fingerprint density at radius 1 is 1.43 bits per heavy atom. The number of carbonyl (C=O) groups is 1. The Labute approximate surface area is 85.5 Å². The van der Waals surface area contributed by atoms with E-state index in [1.807, 2.05) is 6.92 Å². The molecule has 82 valence electrons. The number of carboxylic acid groups (broad SMARTS) is 1. The molecule has 1 atom stereocenters. The van der Waals surface area contributed by atoms with Gasteiger partial charge in [0.1, 0.15) is 0 Å². The van der Waals surface area contributed by atoms with E-state index in [9.17, 15) is 9.90 Å². The molecule has 1 rings (SSSR count). The summed E-state index contributed by atoms with van der Waals surface area (Å²) in [4.78, 5) is 10.8. The highest BCUT2D eigenvalue weighted by atomic mass is 16.5. The molecule has 0 aromatic heterocycles. The second-order valence-corrected chi connectivity index (χ2v) is 4.11. The van der Waals surface area contributed by atoms with Gasteiger partial charge in [0.15, 0.2) is 0 Å². The summed E-state index contributed by atoms with van der Waals surface area (Å²) in [6.45, 7) is 1.92. The molecule has 0 amide bonds. The van der Waals surface area contributed by atoms with Crippen LogP contribution in [0.3, 0.4) is 0 Å². The quantitative estimate of drug-likeness (QED) is 0.677. The lowest BCUT2D eigenvalue weighted by Gasteiger charge is -2.33. The summed E-state index contributed by atoms with van der Waals surface area (Å²) >= 11 is 0. The fourth-order valence-corrected chi connectivity index (χ4v) is 2.42. The zero-order valence-corrected chi connectivity index (χ0v) is 8.99. The zero-order valence-electron chi connectivity index (χ0n) is 8.99. The molecule has 0 bridgehead atoms. The van der Waals surface area contributed by atoms with Crippen LogP contribution in [0.1, 0.15) is 39.0 Å². The van der Waals surface area contributed by atoms with Gasteiger partial charge in [0.2, 0.25) is 0 Å². The predicted molar refractivity (Wildman–Crippen MR) is 51.5 cm³/mol. The zero-order chi connectivity index (χ0) is 10.6. The lowest BCUT2D eigenvalue weighted by atomic mass is 9.78. The van der Waals surface area contributed by atoms with Gasteiger partial charge < -0.3 is 14.6 Å². The minimum Gasteiger partial charge on any atom is -0.550 e. The third kappa shape index (κ3) is 2.71. The normalized spacial score (nSPS) is 29.9. The molecule has 1 aliphatic carbocycles. The number of aliphatic carboxylic acids is 1. The van der Waals surface area contributed by atoms with Crippen LogP contribution in [0.2, 0.25) is 0 Å². The van der Waals surface area contributed by atoms with Gasteiger partial charge in [-0.3, -0.25) is 0 Å². The topological polar surface area (TPSA) is 49.4 Å². The number of hydrogen-bond acceptors (Lipinski definition) is 3. The first-order valence-electron chi connectivity index (χ1n) is 5.42. The van der Waals surface area contributed by atoms with Gasteiger partial charge >= 0.3 is 0 Å². The van der Waals surface area contributed by atoms with E-state index >= 15 is 0 Å². The van der Waals surface area contributed by atoms with E-state index in [1.54, 1.807) is 7.11 Å². The minimum absolute atomic E-state index is 0.257. The van der Waals surface area contributed by atoms with Gasteiger partial charge in [-0.2, -0.15) is 0 Å². The molecule has 1 fully saturated rings. The second-order valence-electron chi connectivity index (χ2n) is 4.11. The van der Waals surface area contributed by atoms with E-state index in [4.69, 9.17) is 4.74 Å². The predicted octanol–water partition coefficient (Wildman–Crippen LogP) is 0.968. The number of rotatable bonds is 4. The van der Waals surface area contributed by atoms with Gasteiger partial charge in [0.25, 0.3) is 0 Å². The number of carbonyl (C=O) groups excluding carboxylic acids is 1. The number of ether oxygens (including phenoxy) is 1. The lowest BCUT2D eigenvalue weighted by molar-refractivity contribution is -0.314. The van der Waals surface area contributed by atoms with Crippen LogP contribution in [0.4, 0.5) is 0 Å². The molecule has 3 heteroatoms. The average Bonchev–Trinajstić information content (AvgIpc) is 2.19. The Bertz CT molecular complexity index is 183. The maximum absolute atomic E-state index is 10.8. The summed E-state index contributed by atoms with van der Waals surface area (Å²) in [6.07, 6.45) is 4.93. The first-order chi connectivity index (χ1) is 6.69. The third-order valence-corrected chi connectivity index (χ3v) is 3.36. The Balaban J connectivity index is 2.43. The van der Waals surface area contributed by atoms with Crippen molar-refractivity contribution < 1.29 is 14.6 Å². The van der Waals surface area contributed by atoms with E-state index in [1.165, 1.54) is 0 Å². The second kappa shape index (κ2) is 5.35. The van der Waals surface area contributed by atoms with Crippen molar-refractivity contribution in [2.45, 2.75) is 45.1 Å². The smallest absolute Gasteiger partial charge is 0.0571 e. The highest BCUT2D eigenvalue weighted by Crippen LogP contribution is 2.32. The Morgan fingerprint density at radius 2 is 2.00 bits per heavy atom. The molecule has 0 saturated heterocycles. The van der Waals surface area contributed by atoms with Crippen molar-refractivity contribution in [1.29, 1.82) is 0 Å². The SMILES string of the molecule is CC[C@@H](C(=O)[O-])C1CCC(OC)CC1. The standard InChI is InChI=1S/C11H20O3/c1-3-10(11(12)13)8-4-6-9(14-2)7-5-8/h8-10H,3-7H2,1-2H3,(H,12,13)/p-1/t8?,9?,10-/m1/s1. The maximum Gasteiger partial charge on any atom is 0.0571 e. The van der Waals surface area contributed by atoms with Crippen molar-refractivity contribution in [1.82, 2.24) is 0 Å². The van der Waals surface area contributed by atoms with Crippen LogP contribution in [0.15, 0.2) is 0 Å². The summed E-state index contributed by atoms with van der Waals surface area (Å²) < 4.78 is 5.25. The Morgan fingerprint density at radius 3 is 2.36 bits per heavy atom. The summed E-state index contributed by atoms with van der Waals surface area (Å²) in [7, 11) is 1.72. The first-order valence-corrected chi connectivity index (χ1v) is 5.42. The van der Waals surface area contributed by atoms with Crippen molar-refractivity contribution in [2.24, 2.45) is 11.8 Å². The summed E-state index contributed by atoms with van der Waals surface area (Å²) in [5.74, 6) is -0.836. The third-order valence-electron chi connectivity index (χ3n) is 3.36. The Kier molecular flexibility index (Phi) is 4.39. The van der Waals surface area contributed by atoms with Crippen LogP contribution >= 0.6 is 0 Å². The lowest BCUT2D eigenvalue weighted by Crippen LogP contribution is -2.37. The van der Waals surface area contributed by atoms with E-state index in [2.05, 4.69) is 0 Å². The van der Waals surface area contributed by atoms with Crippen LogP contribution in [0, 0.1) is 11.8 Å². The molecule has 0 aromatic rings. The van der Waals surface area contributed by atoms with Gasteiger partial charge in [-0.15, -0.1) is 0 Å². The molecule has 14 heavy (non-hydrogen) atoms. The van der Waals surface area contributed by atoms with Gasteiger partial charge in [-0.05, 0) is 38.0 Å². The van der Waals surface area contributed by atoms with Gasteiger partial charge in [0, 0.05) is 19.0 Å². The van der Waals surface area contributed by atoms with E-state index in [-0.39, 0.29) is 5.92 Å². The fraction of sp³-hybridized carbons (Fsp3) is 0.909. The van der Waals surface area contributed by atoms with Crippen molar-refractivity contribution in [3.8, 4) is 0 Å². The first kappa shape index (κ1) is 11.5. The molecule has 1 saturated carbocycles. The van der Waals surface area contributed by atoms with Crippen LogP contribution < -0.4 is 5.11 Å². The van der Waals surface area contributed by atoms with Gasteiger partial charge in [-0.25, -0.2) is 0 Å². The number of methoxy groups -OCH3 is 1. The van der Waals surface area contributed by atoms with Crippen LogP contribution in [-0.4, -0.2) is 19.2 Å². The molecule has 0 unspecified atom stereocenters. The molecule has 0 heterocycles. The summed E-state index contributed by atoms with van der Waals surface area (Å²) in [6, 6.07) is 0.